The van der Waals surface area contributed by atoms with Gasteiger partial charge in [-0.3, -0.25) is 19.2 Å². The molecular weight excluding hydrogens is 544 g/mol. The second kappa shape index (κ2) is 14.9. The molecule has 0 saturated carbocycles. The molecular formula is C40H56O4. The molecule has 0 N–H and O–H groups in total. The lowest BCUT2D eigenvalue weighted by atomic mass is 9.70. The predicted molar refractivity (Wildman–Crippen MR) is 181 cm³/mol. The Hall–Kier alpha value is -2.88. The van der Waals surface area contributed by atoms with Crippen LogP contribution >= 0.6 is 0 Å². The molecule has 3 rings (SSSR count). The van der Waals surface area contributed by atoms with Crippen LogP contribution in [0.15, 0.2) is 24.3 Å². The van der Waals surface area contributed by atoms with Crippen molar-refractivity contribution in [1.82, 2.24) is 0 Å². The predicted octanol–water partition coefficient (Wildman–Crippen LogP) is 9.20. The van der Waals surface area contributed by atoms with E-state index in [0.29, 0.717) is 19.3 Å². The van der Waals surface area contributed by atoms with Crippen LogP contribution in [-0.4, -0.2) is 23.1 Å². The minimum atomic E-state index is -0.137. The van der Waals surface area contributed by atoms with Crippen LogP contribution in [-0.2, 0) is 39.1 Å². The number of carbonyl (C=O) groups is 4. The van der Waals surface area contributed by atoms with Crippen LogP contribution in [0.2, 0.25) is 0 Å². The van der Waals surface area contributed by atoms with Crippen molar-refractivity contribution in [2.45, 2.75) is 138 Å². The number of ketones is 4. The third kappa shape index (κ3) is 8.64. The first-order chi connectivity index (χ1) is 20.6. The molecule has 0 fully saturated rings. The lowest BCUT2D eigenvalue weighted by Crippen LogP contribution is -2.30. The van der Waals surface area contributed by atoms with Gasteiger partial charge in [0.25, 0.3) is 0 Å². The van der Waals surface area contributed by atoms with Gasteiger partial charge in [-0.2, -0.15) is 0 Å². The summed E-state index contributed by atoms with van der Waals surface area (Å²) in [6.07, 6.45) is 5.45. The van der Waals surface area contributed by atoms with Crippen LogP contribution in [0.5, 0.6) is 0 Å². The fourth-order valence-electron chi connectivity index (χ4n) is 7.61. The molecule has 44 heavy (non-hydrogen) atoms. The van der Waals surface area contributed by atoms with E-state index in [0.717, 1.165) is 59.9 Å². The summed E-state index contributed by atoms with van der Waals surface area (Å²) >= 11 is 0. The highest BCUT2D eigenvalue weighted by molar-refractivity contribution is 6.01. The van der Waals surface area contributed by atoms with Crippen molar-refractivity contribution in [3.8, 4) is 0 Å². The Labute approximate surface area is 266 Å². The molecule has 2 aromatic carbocycles. The molecule has 0 aliphatic heterocycles. The molecule has 0 spiro atoms. The fraction of sp³-hybridized carbons (Fsp3) is 0.600. The first-order valence-electron chi connectivity index (χ1n) is 16.9. The number of hydrogen-bond acceptors (Lipinski definition) is 4. The zero-order valence-electron chi connectivity index (χ0n) is 29.1. The SMILES string of the molecule is CCCC(CC1CC(=O)c2c(C)c(CC(=O)Cc3ccc(C)cc3C(C)(C)C)cc(C(C)C)c2C1)C(CC)C(=O)CC(C)=O. The van der Waals surface area contributed by atoms with E-state index in [1.165, 1.54) is 23.6 Å². The highest BCUT2D eigenvalue weighted by Gasteiger charge is 2.35. The van der Waals surface area contributed by atoms with Crippen molar-refractivity contribution in [3.63, 3.8) is 0 Å². The van der Waals surface area contributed by atoms with Crippen molar-refractivity contribution >= 4 is 23.1 Å². The number of benzene rings is 2. The van der Waals surface area contributed by atoms with Gasteiger partial charge in [-0.25, -0.2) is 0 Å². The summed E-state index contributed by atoms with van der Waals surface area (Å²) < 4.78 is 0. The molecule has 240 valence electrons. The quantitative estimate of drug-likeness (QED) is 0.203. The van der Waals surface area contributed by atoms with E-state index in [2.05, 4.69) is 72.7 Å². The zero-order valence-corrected chi connectivity index (χ0v) is 29.1. The van der Waals surface area contributed by atoms with Crippen LogP contribution in [0.1, 0.15) is 149 Å². The summed E-state index contributed by atoms with van der Waals surface area (Å²) in [7, 11) is 0. The lowest BCUT2D eigenvalue weighted by molar-refractivity contribution is -0.130. The van der Waals surface area contributed by atoms with E-state index >= 15 is 0 Å². The first kappa shape index (κ1) is 35.6. The van der Waals surface area contributed by atoms with Gasteiger partial charge in [-0.15, -0.1) is 0 Å². The molecule has 2 aromatic rings. The highest BCUT2D eigenvalue weighted by Crippen LogP contribution is 2.40. The van der Waals surface area contributed by atoms with Gasteiger partial charge in [0, 0.05) is 30.7 Å². The Balaban J connectivity index is 1.90. The third-order valence-corrected chi connectivity index (χ3v) is 9.69. The van der Waals surface area contributed by atoms with Crippen molar-refractivity contribution in [2.75, 3.05) is 0 Å². The highest BCUT2D eigenvalue weighted by atomic mass is 16.1. The molecule has 1 aliphatic rings. The first-order valence-corrected chi connectivity index (χ1v) is 16.9. The van der Waals surface area contributed by atoms with Gasteiger partial charge in [0.1, 0.15) is 17.3 Å². The maximum atomic E-state index is 13.9. The smallest absolute Gasteiger partial charge is 0.163 e. The zero-order chi connectivity index (χ0) is 32.9. The summed E-state index contributed by atoms with van der Waals surface area (Å²) in [6.45, 7) is 20.7. The lowest BCUT2D eigenvalue weighted by Gasteiger charge is -2.33. The van der Waals surface area contributed by atoms with Crippen molar-refractivity contribution in [2.24, 2.45) is 17.8 Å². The normalized spacial score (nSPS) is 16.5. The van der Waals surface area contributed by atoms with Crippen molar-refractivity contribution in [3.05, 3.63) is 68.8 Å². The van der Waals surface area contributed by atoms with E-state index in [9.17, 15) is 19.2 Å². The van der Waals surface area contributed by atoms with Crippen molar-refractivity contribution < 1.29 is 19.2 Å². The van der Waals surface area contributed by atoms with Crippen LogP contribution < -0.4 is 0 Å². The number of fused-ring (bicyclic) bond motifs is 1. The van der Waals surface area contributed by atoms with Gasteiger partial charge in [-0.1, -0.05) is 91.1 Å². The molecule has 0 radical (unpaired) electrons. The van der Waals surface area contributed by atoms with E-state index in [-0.39, 0.29) is 58.6 Å². The summed E-state index contributed by atoms with van der Waals surface area (Å²) in [5.74, 6) is 0.741. The minimum absolute atomic E-state index is 0.00473. The Morgan fingerprint density at radius 1 is 0.955 bits per heavy atom. The van der Waals surface area contributed by atoms with Crippen LogP contribution in [0.25, 0.3) is 0 Å². The number of Topliss-reactive ketones (excluding diaryl/α,β-unsaturated/α-hetero) is 4. The van der Waals surface area contributed by atoms with E-state index < -0.39 is 0 Å². The maximum absolute atomic E-state index is 13.9. The van der Waals surface area contributed by atoms with E-state index in [1.807, 2.05) is 13.8 Å². The molecule has 0 saturated heterocycles. The van der Waals surface area contributed by atoms with Gasteiger partial charge in [0.05, 0.1) is 6.42 Å². The number of hydrogen-bond donors (Lipinski definition) is 0. The number of rotatable bonds is 14. The molecule has 0 heterocycles. The van der Waals surface area contributed by atoms with Gasteiger partial charge < -0.3 is 0 Å². The summed E-state index contributed by atoms with van der Waals surface area (Å²) in [4.78, 5) is 52.1. The number of aryl methyl sites for hydroxylation is 1. The standard InChI is InChI=1S/C40H56O4/c1-11-13-29(33(12-2)37(43)17-26(6)41)18-28-19-35-34(24(3)4)23-31(27(7)39(35)38(44)20-28)22-32(42)21-30-15-14-25(5)16-36(30)40(8,9)10/h14-16,23-24,28-29,33H,11-13,17-22H2,1-10H3. The third-order valence-electron chi connectivity index (χ3n) is 9.69. The Morgan fingerprint density at radius 3 is 2.18 bits per heavy atom. The average molecular weight is 601 g/mol. The van der Waals surface area contributed by atoms with Crippen LogP contribution in [0.3, 0.4) is 0 Å². The largest absolute Gasteiger partial charge is 0.300 e. The average Bonchev–Trinajstić information content (AvgIpc) is 2.90. The Morgan fingerprint density at radius 2 is 1.61 bits per heavy atom. The summed E-state index contributed by atoms with van der Waals surface area (Å²) in [5.41, 5.74) is 8.51. The Bertz CT molecular complexity index is 1390. The molecule has 3 atom stereocenters. The van der Waals surface area contributed by atoms with Crippen molar-refractivity contribution in [1.29, 1.82) is 0 Å². The van der Waals surface area contributed by atoms with Gasteiger partial charge in [-0.05, 0) is 96.6 Å². The topological polar surface area (TPSA) is 68.3 Å². The van der Waals surface area contributed by atoms with Crippen LogP contribution in [0, 0.1) is 31.6 Å². The minimum Gasteiger partial charge on any atom is -0.300 e. The van der Waals surface area contributed by atoms with Crippen LogP contribution in [0.4, 0.5) is 0 Å². The van der Waals surface area contributed by atoms with Gasteiger partial charge in [0.2, 0.25) is 0 Å². The summed E-state index contributed by atoms with van der Waals surface area (Å²) in [6, 6.07) is 8.58. The monoisotopic (exact) mass is 600 g/mol. The Kier molecular flexibility index (Phi) is 12.1. The molecule has 4 nitrogen and oxygen atoms in total. The van der Waals surface area contributed by atoms with Gasteiger partial charge in [0.15, 0.2) is 5.78 Å². The molecule has 0 aromatic heterocycles. The molecule has 4 heteroatoms. The molecule has 3 unspecified atom stereocenters. The molecule has 0 amide bonds. The number of carbonyl (C=O) groups excluding carboxylic acids is 4. The van der Waals surface area contributed by atoms with Gasteiger partial charge >= 0.3 is 0 Å². The van der Waals surface area contributed by atoms with E-state index in [4.69, 9.17) is 0 Å². The van der Waals surface area contributed by atoms with E-state index in [1.54, 1.807) is 0 Å². The second-order valence-corrected chi connectivity index (χ2v) is 14.9. The maximum Gasteiger partial charge on any atom is 0.163 e. The fourth-order valence-corrected chi connectivity index (χ4v) is 7.61. The molecule has 0 bridgehead atoms. The second-order valence-electron chi connectivity index (χ2n) is 14.9. The molecule has 1 aliphatic carbocycles. The summed E-state index contributed by atoms with van der Waals surface area (Å²) in [5, 5.41) is 0.